The number of hydrogen-bond acceptors (Lipinski definition) is 5. The molecule has 0 aromatic heterocycles. The summed E-state index contributed by atoms with van der Waals surface area (Å²) in [6.07, 6.45) is 0. The molecule has 0 atom stereocenters. The van der Waals surface area contributed by atoms with Crippen LogP contribution in [0, 0.1) is 11.6 Å². The summed E-state index contributed by atoms with van der Waals surface area (Å²) in [5.41, 5.74) is 0.0136. The van der Waals surface area contributed by atoms with Crippen LogP contribution in [0.15, 0.2) is 53.4 Å². The van der Waals surface area contributed by atoms with E-state index in [1.807, 2.05) is 4.72 Å². The number of ketones is 1. The highest BCUT2D eigenvalue weighted by Gasteiger charge is 2.20. The normalized spacial score (nSPS) is 11.1. The van der Waals surface area contributed by atoms with Gasteiger partial charge in [-0.2, -0.15) is 4.72 Å². The summed E-state index contributed by atoms with van der Waals surface area (Å²) in [5.74, 6) is -3.27. The molecule has 0 aliphatic carbocycles. The Hall–Kier alpha value is -2.65. The van der Waals surface area contributed by atoms with Crippen LogP contribution >= 0.6 is 0 Å². The smallest absolute Gasteiger partial charge is 0.321 e. The lowest BCUT2D eigenvalue weighted by atomic mass is 10.1. The summed E-state index contributed by atoms with van der Waals surface area (Å²) in [7, 11) is -4.24. The highest BCUT2D eigenvalue weighted by Crippen LogP contribution is 2.12. The molecule has 0 aliphatic rings. The first-order valence-corrected chi connectivity index (χ1v) is 8.46. The number of hydrogen-bond donors (Lipinski definition) is 1. The number of ether oxygens (including phenoxy) is 1. The Morgan fingerprint density at radius 2 is 1.76 bits per heavy atom. The van der Waals surface area contributed by atoms with Gasteiger partial charge in [-0.05, 0) is 24.3 Å². The maximum absolute atomic E-state index is 13.5. The minimum Gasteiger partial charge on any atom is -0.456 e. The van der Waals surface area contributed by atoms with Crippen molar-refractivity contribution in [2.24, 2.45) is 0 Å². The fourth-order valence-electron chi connectivity index (χ4n) is 1.84. The number of carbonyl (C=O) groups is 2. The molecule has 9 heteroatoms. The summed E-state index contributed by atoms with van der Waals surface area (Å²) in [6.45, 7) is -1.46. The maximum Gasteiger partial charge on any atom is 0.321 e. The molecule has 0 radical (unpaired) electrons. The number of sulfonamides is 1. The number of halogens is 2. The van der Waals surface area contributed by atoms with Crippen LogP contribution in [0.3, 0.4) is 0 Å². The molecular formula is C16H13F2NO5S. The molecular weight excluding hydrogens is 356 g/mol. The molecule has 0 saturated heterocycles. The second-order valence-corrected chi connectivity index (χ2v) is 6.58. The van der Waals surface area contributed by atoms with Crippen molar-refractivity contribution in [3.05, 3.63) is 65.7 Å². The van der Waals surface area contributed by atoms with E-state index in [2.05, 4.69) is 4.74 Å². The highest BCUT2D eigenvalue weighted by atomic mass is 32.2. The zero-order chi connectivity index (χ0) is 18.4. The standard InChI is InChI=1S/C16H13F2NO5S/c17-12-5-3-4-11(8-12)14(20)10-24-16(21)9-19-25(22,23)15-7-2-1-6-13(15)18/h1-8,19H,9-10H2. The van der Waals surface area contributed by atoms with Gasteiger partial charge in [0.1, 0.15) is 23.1 Å². The van der Waals surface area contributed by atoms with Crippen LogP contribution in [0.25, 0.3) is 0 Å². The average Bonchev–Trinajstić information content (AvgIpc) is 2.58. The molecule has 0 aliphatic heterocycles. The van der Waals surface area contributed by atoms with Gasteiger partial charge in [-0.1, -0.05) is 24.3 Å². The quantitative estimate of drug-likeness (QED) is 0.592. The van der Waals surface area contributed by atoms with E-state index >= 15 is 0 Å². The Balaban J connectivity index is 1.89. The maximum atomic E-state index is 13.5. The van der Waals surface area contributed by atoms with Gasteiger partial charge in [0.15, 0.2) is 12.4 Å². The van der Waals surface area contributed by atoms with Gasteiger partial charge < -0.3 is 4.74 Å². The van der Waals surface area contributed by atoms with E-state index in [9.17, 15) is 26.8 Å². The summed E-state index contributed by atoms with van der Waals surface area (Å²) >= 11 is 0. The van der Waals surface area contributed by atoms with Crippen molar-refractivity contribution in [2.45, 2.75) is 4.90 Å². The van der Waals surface area contributed by atoms with E-state index in [-0.39, 0.29) is 5.56 Å². The molecule has 6 nitrogen and oxygen atoms in total. The minimum absolute atomic E-state index is 0.0136. The topological polar surface area (TPSA) is 89.5 Å². The third-order valence-electron chi connectivity index (χ3n) is 3.04. The molecule has 2 aromatic rings. The van der Waals surface area contributed by atoms with Gasteiger partial charge in [-0.15, -0.1) is 0 Å². The van der Waals surface area contributed by atoms with E-state index in [0.29, 0.717) is 0 Å². The number of Topliss-reactive ketones (excluding diaryl/α,β-unsaturated/α-hetero) is 1. The van der Waals surface area contributed by atoms with Gasteiger partial charge in [0, 0.05) is 5.56 Å². The van der Waals surface area contributed by atoms with Gasteiger partial charge in [0.2, 0.25) is 10.0 Å². The van der Waals surface area contributed by atoms with Crippen molar-refractivity contribution in [1.82, 2.24) is 4.72 Å². The largest absolute Gasteiger partial charge is 0.456 e. The van der Waals surface area contributed by atoms with Gasteiger partial charge >= 0.3 is 5.97 Å². The Bertz CT molecular complexity index is 899. The van der Waals surface area contributed by atoms with E-state index < -0.39 is 51.5 Å². The van der Waals surface area contributed by atoms with Crippen LogP contribution in [0.4, 0.5) is 8.78 Å². The molecule has 0 bridgehead atoms. The van der Waals surface area contributed by atoms with Crippen LogP contribution in [-0.2, 0) is 19.6 Å². The van der Waals surface area contributed by atoms with Crippen molar-refractivity contribution in [2.75, 3.05) is 13.2 Å². The molecule has 0 saturated carbocycles. The van der Waals surface area contributed by atoms with E-state index in [4.69, 9.17) is 0 Å². The van der Waals surface area contributed by atoms with Gasteiger partial charge in [0.05, 0.1) is 0 Å². The molecule has 0 heterocycles. The third kappa shape index (κ3) is 5.16. The zero-order valence-electron chi connectivity index (χ0n) is 12.7. The summed E-state index contributed by atoms with van der Waals surface area (Å²) in [6, 6.07) is 9.46. The first-order chi connectivity index (χ1) is 11.8. The number of rotatable bonds is 7. The number of esters is 1. The van der Waals surface area contributed by atoms with Gasteiger partial charge in [-0.25, -0.2) is 17.2 Å². The van der Waals surface area contributed by atoms with Crippen LogP contribution < -0.4 is 4.72 Å². The SMILES string of the molecule is O=C(CNS(=O)(=O)c1ccccc1F)OCC(=O)c1cccc(F)c1. The van der Waals surface area contributed by atoms with E-state index in [1.54, 1.807) is 0 Å². The van der Waals surface area contributed by atoms with Crippen LogP contribution in [0.1, 0.15) is 10.4 Å². The molecule has 0 fully saturated rings. The minimum atomic E-state index is -4.24. The van der Waals surface area contributed by atoms with Crippen LogP contribution in [0.5, 0.6) is 0 Å². The average molecular weight is 369 g/mol. The lowest BCUT2D eigenvalue weighted by Crippen LogP contribution is -2.32. The molecule has 2 rings (SSSR count). The summed E-state index contributed by atoms with van der Waals surface area (Å²) < 4.78 is 56.8. The lowest BCUT2D eigenvalue weighted by molar-refractivity contribution is -0.141. The Kier molecular flexibility index (Phi) is 5.94. The summed E-state index contributed by atoms with van der Waals surface area (Å²) in [4.78, 5) is 22.7. The predicted octanol–water partition coefficient (Wildman–Crippen LogP) is 1.67. The van der Waals surface area contributed by atoms with Crippen molar-refractivity contribution >= 4 is 21.8 Å². The first kappa shape index (κ1) is 18.7. The van der Waals surface area contributed by atoms with Crippen LogP contribution in [-0.4, -0.2) is 33.3 Å². The fourth-order valence-corrected chi connectivity index (χ4v) is 2.88. The molecule has 0 amide bonds. The zero-order valence-corrected chi connectivity index (χ0v) is 13.6. The fraction of sp³-hybridized carbons (Fsp3) is 0.125. The second-order valence-electron chi connectivity index (χ2n) is 4.85. The first-order valence-electron chi connectivity index (χ1n) is 6.98. The Morgan fingerprint density at radius 3 is 2.44 bits per heavy atom. The molecule has 0 unspecified atom stereocenters. The summed E-state index contributed by atoms with van der Waals surface area (Å²) in [5, 5.41) is 0. The number of carbonyl (C=O) groups excluding carboxylic acids is 2. The monoisotopic (exact) mass is 369 g/mol. The van der Waals surface area contributed by atoms with Gasteiger partial charge in [0.25, 0.3) is 0 Å². The van der Waals surface area contributed by atoms with Crippen molar-refractivity contribution in [3.63, 3.8) is 0 Å². The molecule has 0 spiro atoms. The lowest BCUT2D eigenvalue weighted by Gasteiger charge is -2.08. The van der Waals surface area contributed by atoms with Crippen molar-refractivity contribution in [1.29, 1.82) is 0 Å². The highest BCUT2D eigenvalue weighted by molar-refractivity contribution is 7.89. The Labute approximate surface area is 142 Å². The predicted molar refractivity (Wildman–Crippen MR) is 83.3 cm³/mol. The van der Waals surface area contributed by atoms with Crippen molar-refractivity contribution in [3.8, 4) is 0 Å². The number of benzene rings is 2. The Morgan fingerprint density at radius 1 is 1.04 bits per heavy atom. The molecule has 25 heavy (non-hydrogen) atoms. The second kappa shape index (κ2) is 7.95. The third-order valence-corrected chi connectivity index (χ3v) is 4.48. The van der Waals surface area contributed by atoms with Crippen LogP contribution in [0.2, 0.25) is 0 Å². The molecule has 1 N–H and O–H groups in total. The van der Waals surface area contributed by atoms with E-state index in [1.165, 1.54) is 24.3 Å². The molecule has 132 valence electrons. The van der Waals surface area contributed by atoms with Crippen molar-refractivity contribution < 1.29 is 31.5 Å². The van der Waals surface area contributed by atoms with Gasteiger partial charge in [-0.3, -0.25) is 9.59 Å². The number of nitrogens with one attached hydrogen (secondary N) is 1. The van der Waals surface area contributed by atoms with E-state index in [0.717, 1.165) is 24.3 Å². The molecule has 2 aromatic carbocycles.